The van der Waals surface area contributed by atoms with Crippen LogP contribution in [0.4, 0.5) is 0 Å². The van der Waals surface area contributed by atoms with E-state index in [1.807, 2.05) is 6.08 Å². The van der Waals surface area contributed by atoms with Gasteiger partial charge >= 0.3 is 0 Å². The van der Waals surface area contributed by atoms with Crippen molar-refractivity contribution in [3.63, 3.8) is 0 Å². The number of hydrogen-bond donors (Lipinski definition) is 0. The summed E-state index contributed by atoms with van der Waals surface area (Å²) in [6.45, 7) is 12.5. The zero-order chi connectivity index (χ0) is 17.3. The largest absolute Gasteiger partial charge is 0.295 e. The first-order valence-electron chi connectivity index (χ1n) is 10.2. The summed E-state index contributed by atoms with van der Waals surface area (Å²) in [5.41, 5.74) is 4.27. The second-order valence-corrected chi connectivity index (χ2v) is 10.1. The van der Waals surface area contributed by atoms with Crippen LogP contribution in [-0.4, -0.2) is 5.78 Å². The van der Waals surface area contributed by atoms with Gasteiger partial charge in [-0.3, -0.25) is 4.79 Å². The molecule has 0 aromatic heterocycles. The molecule has 0 N–H and O–H groups in total. The van der Waals surface area contributed by atoms with E-state index in [9.17, 15) is 4.79 Å². The third-order valence-electron chi connectivity index (χ3n) is 9.28. The molecule has 4 aliphatic carbocycles. The minimum atomic E-state index is 0.189. The van der Waals surface area contributed by atoms with Gasteiger partial charge in [-0.15, -0.1) is 0 Å². The number of rotatable bonds is 1. The number of carbonyl (C=O) groups is 1. The normalized spacial score (nSPS) is 47.7. The van der Waals surface area contributed by atoms with Crippen molar-refractivity contribution in [1.29, 1.82) is 0 Å². The number of ketones is 1. The van der Waals surface area contributed by atoms with Crippen molar-refractivity contribution in [3.8, 4) is 0 Å². The van der Waals surface area contributed by atoms with Crippen molar-refractivity contribution in [2.75, 3.05) is 0 Å². The predicted molar refractivity (Wildman–Crippen MR) is 99.6 cm³/mol. The van der Waals surface area contributed by atoms with Crippen LogP contribution in [-0.2, 0) is 4.79 Å². The lowest BCUT2D eigenvalue weighted by Gasteiger charge is -2.56. The Bertz CT molecular complexity index is 638. The molecule has 2 fully saturated rings. The molecule has 0 aromatic rings. The Morgan fingerprint density at radius 3 is 2.54 bits per heavy atom. The van der Waals surface area contributed by atoms with Crippen molar-refractivity contribution in [1.82, 2.24) is 0 Å². The molecule has 0 heterocycles. The molecule has 1 unspecified atom stereocenters. The monoisotopic (exact) mass is 326 g/mol. The number of carbonyl (C=O) groups excluding carboxylic acids is 1. The molecule has 0 spiro atoms. The smallest absolute Gasteiger partial charge is 0.155 e. The average molecular weight is 327 g/mol. The van der Waals surface area contributed by atoms with Crippen LogP contribution in [0.1, 0.15) is 79.6 Å². The predicted octanol–water partition coefficient (Wildman–Crippen LogP) is 6.10. The highest BCUT2D eigenvalue weighted by Gasteiger charge is 2.60. The van der Waals surface area contributed by atoms with Crippen LogP contribution in [0.25, 0.3) is 0 Å². The minimum absolute atomic E-state index is 0.189. The van der Waals surface area contributed by atoms with Crippen LogP contribution < -0.4 is 0 Å². The van der Waals surface area contributed by atoms with Gasteiger partial charge in [-0.25, -0.2) is 0 Å². The number of fused-ring (bicyclic) bond motifs is 5. The van der Waals surface area contributed by atoms with Gasteiger partial charge in [0.2, 0.25) is 0 Å². The van der Waals surface area contributed by atoms with Crippen LogP contribution in [0.2, 0.25) is 0 Å². The van der Waals surface area contributed by atoms with Crippen molar-refractivity contribution in [3.05, 3.63) is 23.3 Å². The molecular formula is C23H34O. The topological polar surface area (TPSA) is 17.1 Å². The first-order valence-corrected chi connectivity index (χ1v) is 10.2. The Kier molecular flexibility index (Phi) is 3.52. The van der Waals surface area contributed by atoms with E-state index in [-0.39, 0.29) is 5.41 Å². The van der Waals surface area contributed by atoms with Gasteiger partial charge in [0, 0.05) is 11.8 Å². The number of allylic oxidation sites excluding steroid dienone is 4. The fraction of sp³-hybridized carbons (Fsp3) is 0.783. The lowest BCUT2D eigenvalue weighted by molar-refractivity contribution is -0.115. The van der Waals surface area contributed by atoms with Crippen LogP contribution in [0, 0.1) is 34.0 Å². The summed E-state index contributed by atoms with van der Waals surface area (Å²) in [5.74, 6) is 2.72. The van der Waals surface area contributed by atoms with E-state index in [1.165, 1.54) is 31.3 Å². The summed E-state index contributed by atoms with van der Waals surface area (Å²) in [7, 11) is 0. The SMILES string of the molecule is CC(C)[C@@]1(C)CC[C@H]2C3CCC4=CC(=O)CC[C@]4(C)C3=CC[C@@]21C. The maximum Gasteiger partial charge on any atom is 0.155 e. The Morgan fingerprint density at radius 2 is 1.83 bits per heavy atom. The Balaban J connectivity index is 1.76. The van der Waals surface area contributed by atoms with Crippen molar-refractivity contribution in [2.45, 2.75) is 79.6 Å². The second kappa shape index (κ2) is 5.08. The van der Waals surface area contributed by atoms with Crippen molar-refractivity contribution in [2.24, 2.45) is 34.0 Å². The van der Waals surface area contributed by atoms with E-state index >= 15 is 0 Å². The van der Waals surface area contributed by atoms with Crippen molar-refractivity contribution >= 4 is 5.78 Å². The summed E-state index contributed by atoms with van der Waals surface area (Å²) in [6.07, 6.45) is 12.9. The molecule has 24 heavy (non-hydrogen) atoms. The van der Waals surface area contributed by atoms with Gasteiger partial charge in [-0.05, 0) is 73.2 Å². The lowest BCUT2D eigenvalue weighted by atomic mass is 9.48. The van der Waals surface area contributed by atoms with Crippen LogP contribution in [0.15, 0.2) is 23.3 Å². The summed E-state index contributed by atoms with van der Waals surface area (Å²) < 4.78 is 0. The maximum absolute atomic E-state index is 11.9. The highest BCUT2D eigenvalue weighted by Crippen LogP contribution is 2.69. The molecule has 0 bridgehead atoms. The Morgan fingerprint density at radius 1 is 1.08 bits per heavy atom. The first-order chi connectivity index (χ1) is 11.2. The first kappa shape index (κ1) is 16.6. The average Bonchev–Trinajstić information content (AvgIpc) is 2.81. The van der Waals surface area contributed by atoms with E-state index in [1.54, 1.807) is 5.57 Å². The molecule has 1 heteroatoms. The molecule has 4 rings (SSSR count). The van der Waals surface area contributed by atoms with Gasteiger partial charge < -0.3 is 0 Å². The van der Waals surface area contributed by atoms with E-state index in [2.05, 4.69) is 40.7 Å². The van der Waals surface area contributed by atoms with Crippen LogP contribution in [0.3, 0.4) is 0 Å². The molecule has 4 aliphatic rings. The molecule has 1 nitrogen and oxygen atoms in total. The van der Waals surface area contributed by atoms with E-state index in [0.29, 0.717) is 16.6 Å². The molecule has 0 radical (unpaired) electrons. The van der Waals surface area contributed by atoms with Crippen LogP contribution in [0.5, 0.6) is 0 Å². The Labute approximate surface area is 148 Å². The van der Waals surface area contributed by atoms with Gasteiger partial charge in [0.1, 0.15) is 0 Å². The Hall–Kier alpha value is -0.850. The van der Waals surface area contributed by atoms with Crippen molar-refractivity contribution < 1.29 is 4.79 Å². The minimum Gasteiger partial charge on any atom is -0.295 e. The summed E-state index contributed by atoms with van der Waals surface area (Å²) in [4.78, 5) is 11.9. The van der Waals surface area contributed by atoms with Gasteiger partial charge in [-0.1, -0.05) is 51.8 Å². The highest BCUT2D eigenvalue weighted by atomic mass is 16.1. The molecular weight excluding hydrogens is 292 g/mol. The van der Waals surface area contributed by atoms with E-state index < -0.39 is 0 Å². The standard InChI is InChI=1S/C23H34O/c1-15(2)22(4)12-10-20-18-7-6-16-14-17(24)8-11-21(16,3)19(18)9-13-23(20,22)5/h9,14-15,18,20H,6-8,10-13H2,1-5H3/t18?,20-,21-,22+,23-/m0/s1. The third kappa shape index (κ3) is 1.90. The molecule has 0 aromatic carbocycles. The molecule has 0 saturated heterocycles. The molecule has 0 aliphatic heterocycles. The molecule has 132 valence electrons. The molecule has 0 amide bonds. The van der Waals surface area contributed by atoms with E-state index in [0.717, 1.165) is 37.0 Å². The highest BCUT2D eigenvalue weighted by molar-refractivity contribution is 5.92. The van der Waals surface area contributed by atoms with Gasteiger partial charge in [0.05, 0.1) is 0 Å². The summed E-state index contributed by atoms with van der Waals surface area (Å²) in [5, 5.41) is 0. The molecule has 2 saturated carbocycles. The third-order valence-corrected chi connectivity index (χ3v) is 9.28. The second-order valence-electron chi connectivity index (χ2n) is 10.1. The summed E-state index contributed by atoms with van der Waals surface area (Å²) >= 11 is 0. The zero-order valence-electron chi connectivity index (χ0n) is 16.2. The van der Waals surface area contributed by atoms with Gasteiger partial charge in [0.25, 0.3) is 0 Å². The fourth-order valence-corrected chi connectivity index (χ4v) is 7.09. The zero-order valence-corrected chi connectivity index (χ0v) is 16.2. The summed E-state index contributed by atoms with van der Waals surface area (Å²) in [6, 6.07) is 0. The molecule has 5 atom stereocenters. The van der Waals surface area contributed by atoms with Gasteiger partial charge in [0.15, 0.2) is 5.78 Å². The lowest BCUT2D eigenvalue weighted by Crippen LogP contribution is -2.48. The maximum atomic E-state index is 11.9. The van der Waals surface area contributed by atoms with Crippen LogP contribution >= 0.6 is 0 Å². The quantitative estimate of drug-likeness (QED) is 0.532. The number of hydrogen-bond acceptors (Lipinski definition) is 1. The fourth-order valence-electron chi connectivity index (χ4n) is 7.09. The van der Waals surface area contributed by atoms with E-state index in [4.69, 9.17) is 0 Å². The van der Waals surface area contributed by atoms with Gasteiger partial charge in [-0.2, -0.15) is 0 Å².